The molecule has 0 radical (unpaired) electrons. The summed E-state index contributed by atoms with van der Waals surface area (Å²) in [6.07, 6.45) is 3.68. The number of nitrogens with zero attached hydrogens (tertiary/aromatic N) is 1. The Bertz CT molecular complexity index is 807. The molecule has 1 heterocycles. The maximum atomic E-state index is 12.5. The van der Waals surface area contributed by atoms with Gasteiger partial charge in [0.25, 0.3) is 0 Å². The zero-order valence-electron chi connectivity index (χ0n) is 14.7. The maximum absolute atomic E-state index is 12.5. The van der Waals surface area contributed by atoms with Gasteiger partial charge in [-0.25, -0.2) is 9.59 Å². The number of fused-ring (bicyclic) bond motifs is 1. The van der Waals surface area contributed by atoms with Crippen LogP contribution in [-0.2, 0) is 9.53 Å². The van der Waals surface area contributed by atoms with Crippen LogP contribution in [0, 0.1) is 0 Å². The molecule has 24 heavy (non-hydrogen) atoms. The third kappa shape index (κ3) is 4.04. The Morgan fingerprint density at radius 3 is 2.46 bits per heavy atom. The standard InChI is InChI=1S/C19H23NO4/c1-12(2)13-6-8-15-14(7-9-17(21)22)11-20(16(15)10-13)18(23)24-19(3,4)5/h6-12H,1-5H3,(H,21,22)/b9-7+. The van der Waals surface area contributed by atoms with E-state index in [1.54, 1.807) is 27.0 Å². The van der Waals surface area contributed by atoms with E-state index in [1.807, 2.05) is 18.2 Å². The first-order valence-corrected chi connectivity index (χ1v) is 7.88. The van der Waals surface area contributed by atoms with Gasteiger partial charge in [-0.15, -0.1) is 0 Å². The van der Waals surface area contributed by atoms with Crippen LogP contribution in [0.3, 0.4) is 0 Å². The molecule has 1 aromatic carbocycles. The second-order valence-corrected chi connectivity index (χ2v) is 7.04. The molecule has 0 saturated carbocycles. The van der Waals surface area contributed by atoms with E-state index in [9.17, 15) is 9.59 Å². The number of ether oxygens (including phenoxy) is 1. The predicted octanol–water partition coefficient (Wildman–Crippen LogP) is 4.65. The molecule has 0 saturated heterocycles. The summed E-state index contributed by atoms with van der Waals surface area (Å²) >= 11 is 0. The Morgan fingerprint density at radius 2 is 1.92 bits per heavy atom. The number of benzene rings is 1. The Hall–Kier alpha value is -2.56. The molecule has 0 amide bonds. The first-order valence-electron chi connectivity index (χ1n) is 7.88. The van der Waals surface area contributed by atoms with Crippen molar-refractivity contribution >= 4 is 29.0 Å². The minimum Gasteiger partial charge on any atom is -0.478 e. The maximum Gasteiger partial charge on any atom is 0.419 e. The number of carboxylic acids is 1. The Morgan fingerprint density at radius 1 is 1.25 bits per heavy atom. The number of aliphatic carboxylic acids is 1. The van der Waals surface area contributed by atoms with Gasteiger partial charge < -0.3 is 9.84 Å². The van der Waals surface area contributed by atoms with Crippen molar-refractivity contribution in [1.82, 2.24) is 4.57 Å². The molecule has 0 fully saturated rings. The fraction of sp³-hybridized carbons (Fsp3) is 0.368. The van der Waals surface area contributed by atoms with Crippen LogP contribution in [0.5, 0.6) is 0 Å². The first-order chi connectivity index (χ1) is 11.1. The highest BCUT2D eigenvalue weighted by Crippen LogP contribution is 2.27. The molecule has 1 aromatic heterocycles. The highest BCUT2D eigenvalue weighted by atomic mass is 16.6. The quantitative estimate of drug-likeness (QED) is 0.833. The second-order valence-electron chi connectivity index (χ2n) is 7.04. The van der Waals surface area contributed by atoms with Crippen molar-refractivity contribution < 1.29 is 19.4 Å². The number of carbonyl (C=O) groups excluding carboxylic acids is 1. The van der Waals surface area contributed by atoms with Gasteiger partial charge in [0.15, 0.2) is 0 Å². The lowest BCUT2D eigenvalue weighted by Crippen LogP contribution is -2.26. The van der Waals surface area contributed by atoms with Gasteiger partial charge >= 0.3 is 12.1 Å². The molecule has 1 N–H and O–H groups in total. The fourth-order valence-electron chi connectivity index (χ4n) is 2.39. The van der Waals surface area contributed by atoms with Crippen molar-refractivity contribution in [3.8, 4) is 0 Å². The van der Waals surface area contributed by atoms with Gasteiger partial charge in [0, 0.05) is 23.2 Å². The van der Waals surface area contributed by atoms with E-state index in [-0.39, 0.29) is 0 Å². The van der Waals surface area contributed by atoms with Gasteiger partial charge in [-0.3, -0.25) is 4.57 Å². The summed E-state index contributed by atoms with van der Waals surface area (Å²) in [7, 11) is 0. The number of carbonyl (C=O) groups is 2. The Kier molecular flexibility index (Phi) is 4.83. The number of hydrogen-bond acceptors (Lipinski definition) is 3. The molecular weight excluding hydrogens is 306 g/mol. The third-order valence-corrected chi connectivity index (χ3v) is 3.52. The first kappa shape index (κ1) is 17.8. The summed E-state index contributed by atoms with van der Waals surface area (Å²) in [6.45, 7) is 9.57. The molecule has 5 heteroatoms. The van der Waals surface area contributed by atoms with Crippen LogP contribution >= 0.6 is 0 Å². The number of carboxylic acid groups (broad SMARTS) is 1. The SMILES string of the molecule is CC(C)c1ccc2c(/C=C/C(=O)O)cn(C(=O)OC(C)(C)C)c2c1. The highest BCUT2D eigenvalue weighted by Gasteiger charge is 2.20. The minimum absolute atomic E-state index is 0.314. The van der Waals surface area contributed by atoms with E-state index >= 15 is 0 Å². The van der Waals surface area contributed by atoms with Crippen molar-refractivity contribution in [1.29, 1.82) is 0 Å². The molecule has 0 aliphatic rings. The summed E-state index contributed by atoms with van der Waals surface area (Å²) < 4.78 is 6.89. The zero-order valence-corrected chi connectivity index (χ0v) is 14.7. The van der Waals surface area contributed by atoms with E-state index in [2.05, 4.69) is 13.8 Å². The van der Waals surface area contributed by atoms with Gasteiger partial charge in [0.2, 0.25) is 0 Å². The van der Waals surface area contributed by atoms with Crippen molar-refractivity contribution in [3.63, 3.8) is 0 Å². The van der Waals surface area contributed by atoms with Crippen LogP contribution in [0.15, 0.2) is 30.5 Å². The minimum atomic E-state index is -1.04. The van der Waals surface area contributed by atoms with E-state index in [1.165, 1.54) is 10.6 Å². The molecule has 2 rings (SSSR count). The lowest BCUT2D eigenvalue weighted by atomic mass is 10.0. The molecule has 0 atom stereocenters. The number of hydrogen-bond donors (Lipinski definition) is 1. The number of aromatic nitrogens is 1. The van der Waals surface area contributed by atoms with Gasteiger partial charge in [-0.2, -0.15) is 0 Å². The monoisotopic (exact) mass is 329 g/mol. The van der Waals surface area contributed by atoms with Crippen LogP contribution in [0.1, 0.15) is 51.7 Å². The molecule has 0 aliphatic heterocycles. The van der Waals surface area contributed by atoms with E-state index < -0.39 is 17.7 Å². The average molecular weight is 329 g/mol. The zero-order chi connectivity index (χ0) is 18.1. The number of rotatable bonds is 3. The van der Waals surface area contributed by atoms with Crippen LogP contribution in [-0.4, -0.2) is 27.3 Å². The summed E-state index contributed by atoms with van der Waals surface area (Å²) in [5, 5.41) is 9.66. The highest BCUT2D eigenvalue weighted by molar-refractivity contribution is 5.98. The summed E-state index contributed by atoms with van der Waals surface area (Å²) in [5.74, 6) is -0.721. The van der Waals surface area contributed by atoms with Crippen molar-refractivity contribution in [3.05, 3.63) is 41.6 Å². The van der Waals surface area contributed by atoms with Crippen LogP contribution < -0.4 is 0 Å². The second kappa shape index (κ2) is 6.51. The van der Waals surface area contributed by atoms with E-state index in [0.29, 0.717) is 17.0 Å². The van der Waals surface area contributed by atoms with Crippen molar-refractivity contribution in [2.24, 2.45) is 0 Å². The predicted molar refractivity (Wildman–Crippen MR) is 94.3 cm³/mol. The van der Waals surface area contributed by atoms with Crippen LogP contribution in [0.25, 0.3) is 17.0 Å². The summed E-state index contributed by atoms with van der Waals surface area (Å²) in [6, 6.07) is 5.85. The molecule has 5 nitrogen and oxygen atoms in total. The van der Waals surface area contributed by atoms with Crippen LogP contribution in [0.2, 0.25) is 0 Å². The molecule has 128 valence electrons. The normalized spacial score (nSPS) is 12.2. The van der Waals surface area contributed by atoms with Crippen molar-refractivity contribution in [2.45, 2.75) is 46.1 Å². The van der Waals surface area contributed by atoms with Crippen LogP contribution in [0.4, 0.5) is 4.79 Å². The molecule has 0 unspecified atom stereocenters. The molecular formula is C19H23NO4. The molecule has 0 spiro atoms. The Balaban J connectivity index is 2.61. The molecule has 2 aromatic rings. The van der Waals surface area contributed by atoms with Gasteiger partial charge in [-0.05, 0) is 44.4 Å². The summed E-state index contributed by atoms with van der Waals surface area (Å²) in [5.41, 5.74) is 1.86. The summed E-state index contributed by atoms with van der Waals surface area (Å²) in [4.78, 5) is 23.3. The smallest absolute Gasteiger partial charge is 0.419 e. The lowest BCUT2D eigenvalue weighted by Gasteiger charge is -2.20. The third-order valence-electron chi connectivity index (χ3n) is 3.52. The largest absolute Gasteiger partial charge is 0.478 e. The van der Waals surface area contributed by atoms with Gasteiger partial charge in [0.1, 0.15) is 5.60 Å². The molecule has 0 bridgehead atoms. The van der Waals surface area contributed by atoms with E-state index in [4.69, 9.17) is 9.84 Å². The lowest BCUT2D eigenvalue weighted by molar-refractivity contribution is -0.131. The molecule has 0 aliphatic carbocycles. The van der Waals surface area contributed by atoms with Gasteiger partial charge in [-0.1, -0.05) is 26.0 Å². The average Bonchev–Trinajstić information content (AvgIpc) is 2.81. The van der Waals surface area contributed by atoms with Gasteiger partial charge in [0.05, 0.1) is 5.52 Å². The van der Waals surface area contributed by atoms with Crippen molar-refractivity contribution in [2.75, 3.05) is 0 Å². The van der Waals surface area contributed by atoms with E-state index in [0.717, 1.165) is 17.0 Å². The Labute approximate surface area is 141 Å². The fourth-order valence-corrected chi connectivity index (χ4v) is 2.39. The topological polar surface area (TPSA) is 68.5 Å².